The lowest BCUT2D eigenvalue weighted by molar-refractivity contribution is 0.306. The van der Waals surface area contributed by atoms with Crippen molar-refractivity contribution in [2.45, 2.75) is 38.8 Å². The fourth-order valence-corrected chi connectivity index (χ4v) is 3.83. The quantitative estimate of drug-likeness (QED) is 0.614. The first-order chi connectivity index (χ1) is 13.7. The molecule has 1 aliphatic carbocycles. The van der Waals surface area contributed by atoms with E-state index in [0.29, 0.717) is 12.6 Å². The van der Waals surface area contributed by atoms with Gasteiger partial charge < -0.3 is 14.8 Å². The summed E-state index contributed by atoms with van der Waals surface area (Å²) in [6.45, 7) is 2.73. The zero-order valence-corrected chi connectivity index (χ0v) is 16.6. The lowest BCUT2D eigenvalue weighted by Crippen LogP contribution is -2.27. The van der Waals surface area contributed by atoms with Crippen LogP contribution in [0, 0.1) is 6.92 Å². The predicted molar refractivity (Wildman–Crippen MR) is 114 cm³/mol. The van der Waals surface area contributed by atoms with Crippen LogP contribution < -0.4 is 14.8 Å². The van der Waals surface area contributed by atoms with Gasteiger partial charge in [0, 0.05) is 11.7 Å². The molecule has 1 N–H and O–H groups in total. The maximum absolute atomic E-state index is 5.95. The van der Waals surface area contributed by atoms with E-state index in [2.05, 4.69) is 60.8 Å². The molecule has 3 nitrogen and oxygen atoms in total. The van der Waals surface area contributed by atoms with Gasteiger partial charge in [0.15, 0.2) is 0 Å². The van der Waals surface area contributed by atoms with Gasteiger partial charge in [-0.05, 0) is 78.8 Å². The number of nitrogens with one attached hydrogen (secondary N) is 1. The molecule has 3 aromatic rings. The molecule has 0 amide bonds. The minimum Gasteiger partial charge on any atom is -0.497 e. The Hall–Kier alpha value is -2.94. The van der Waals surface area contributed by atoms with Crippen molar-refractivity contribution >= 4 is 5.69 Å². The Bertz CT molecular complexity index is 937. The molecule has 0 bridgehead atoms. The van der Waals surface area contributed by atoms with E-state index in [1.54, 1.807) is 7.11 Å². The molecule has 1 aliphatic rings. The summed E-state index contributed by atoms with van der Waals surface area (Å²) in [6, 6.07) is 23.5. The molecule has 1 atom stereocenters. The van der Waals surface area contributed by atoms with E-state index in [0.717, 1.165) is 30.8 Å². The second-order valence-corrected chi connectivity index (χ2v) is 7.47. The summed E-state index contributed by atoms with van der Waals surface area (Å²) >= 11 is 0. The van der Waals surface area contributed by atoms with Gasteiger partial charge in [0.2, 0.25) is 0 Å². The molecule has 0 heterocycles. The van der Waals surface area contributed by atoms with Crippen LogP contribution in [0.3, 0.4) is 0 Å². The predicted octanol–water partition coefficient (Wildman–Crippen LogP) is 5.55. The molecule has 144 valence electrons. The van der Waals surface area contributed by atoms with Crippen molar-refractivity contribution in [3.05, 3.63) is 89.0 Å². The number of fused-ring (bicyclic) bond motifs is 1. The maximum atomic E-state index is 5.95. The van der Waals surface area contributed by atoms with Gasteiger partial charge in [-0.25, -0.2) is 0 Å². The fraction of sp³-hybridized carbons (Fsp3) is 0.280. The average molecular weight is 373 g/mol. The van der Waals surface area contributed by atoms with E-state index < -0.39 is 0 Å². The van der Waals surface area contributed by atoms with Crippen LogP contribution in [0.5, 0.6) is 11.5 Å². The van der Waals surface area contributed by atoms with Crippen LogP contribution in [0.1, 0.15) is 28.7 Å². The van der Waals surface area contributed by atoms with Crippen LogP contribution in [0.2, 0.25) is 0 Å². The van der Waals surface area contributed by atoms with Gasteiger partial charge in [-0.3, -0.25) is 0 Å². The second kappa shape index (κ2) is 8.39. The van der Waals surface area contributed by atoms with Gasteiger partial charge in [-0.15, -0.1) is 0 Å². The average Bonchev–Trinajstić information content (AvgIpc) is 2.74. The summed E-state index contributed by atoms with van der Waals surface area (Å²) in [7, 11) is 1.73. The van der Waals surface area contributed by atoms with Crippen LogP contribution in [-0.2, 0) is 19.4 Å². The molecule has 1 unspecified atom stereocenters. The number of aryl methyl sites for hydroxylation is 2. The largest absolute Gasteiger partial charge is 0.497 e. The Morgan fingerprint density at radius 1 is 0.929 bits per heavy atom. The molecule has 0 spiro atoms. The van der Waals surface area contributed by atoms with Crippen molar-refractivity contribution in [3.8, 4) is 11.5 Å². The van der Waals surface area contributed by atoms with E-state index in [4.69, 9.17) is 9.47 Å². The molecule has 3 aromatic carbocycles. The third-order valence-corrected chi connectivity index (χ3v) is 5.45. The number of anilines is 1. The lowest BCUT2D eigenvalue weighted by Gasteiger charge is -2.27. The van der Waals surface area contributed by atoms with Crippen LogP contribution in [0.4, 0.5) is 5.69 Å². The molecule has 0 radical (unpaired) electrons. The van der Waals surface area contributed by atoms with Crippen molar-refractivity contribution in [2.75, 3.05) is 12.4 Å². The third kappa shape index (κ3) is 4.30. The van der Waals surface area contributed by atoms with E-state index >= 15 is 0 Å². The Labute approximate surface area is 167 Å². The first kappa shape index (κ1) is 18.4. The van der Waals surface area contributed by atoms with Gasteiger partial charge in [-0.1, -0.05) is 36.4 Å². The monoisotopic (exact) mass is 373 g/mol. The van der Waals surface area contributed by atoms with Crippen molar-refractivity contribution in [1.82, 2.24) is 0 Å². The van der Waals surface area contributed by atoms with Crippen LogP contribution in [0.25, 0.3) is 0 Å². The molecule has 0 aromatic heterocycles. The first-order valence-electron chi connectivity index (χ1n) is 9.91. The van der Waals surface area contributed by atoms with Gasteiger partial charge in [0.25, 0.3) is 0 Å². The summed E-state index contributed by atoms with van der Waals surface area (Å²) in [5.74, 6) is 1.86. The standard InChI is InChI=1S/C25H27NO2/c1-18-14-24(28-17-19-6-4-3-5-7-19)12-13-25(18)26-22-10-8-21-16-23(27-2)11-9-20(21)15-22/h3-7,9,11-14,16,22,26H,8,10,15,17H2,1-2H3. The zero-order valence-electron chi connectivity index (χ0n) is 16.6. The van der Waals surface area contributed by atoms with Crippen molar-refractivity contribution in [2.24, 2.45) is 0 Å². The SMILES string of the molecule is COc1ccc2c(c1)CCC(Nc1ccc(OCc3ccccc3)cc1C)C2. The molecular formula is C25H27NO2. The molecule has 0 aliphatic heterocycles. The van der Waals surface area contributed by atoms with E-state index in [1.807, 2.05) is 18.2 Å². The third-order valence-electron chi connectivity index (χ3n) is 5.45. The van der Waals surface area contributed by atoms with Gasteiger partial charge in [0.1, 0.15) is 18.1 Å². The lowest BCUT2D eigenvalue weighted by atomic mass is 9.88. The molecule has 0 saturated carbocycles. The molecule has 0 saturated heterocycles. The van der Waals surface area contributed by atoms with Crippen LogP contribution >= 0.6 is 0 Å². The Morgan fingerprint density at radius 3 is 2.54 bits per heavy atom. The molecule has 0 fully saturated rings. The molecule has 4 rings (SSSR count). The molecule has 3 heteroatoms. The highest BCUT2D eigenvalue weighted by Gasteiger charge is 2.19. The number of rotatable bonds is 6. The zero-order chi connectivity index (χ0) is 19.3. The maximum Gasteiger partial charge on any atom is 0.120 e. The summed E-state index contributed by atoms with van der Waals surface area (Å²) in [5, 5.41) is 3.73. The first-order valence-corrected chi connectivity index (χ1v) is 9.91. The summed E-state index contributed by atoms with van der Waals surface area (Å²) < 4.78 is 11.3. The Balaban J connectivity index is 1.38. The molecule has 28 heavy (non-hydrogen) atoms. The Kier molecular flexibility index (Phi) is 5.52. The summed E-state index contributed by atoms with van der Waals surface area (Å²) in [6.07, 6.45) is 3.26. The van der Waals surface area contributed by atoms with Gasteiger partial charge in [0.05, 0.1) is 7.11 Å². The van der Waals surface area contributed by atoms with Crippen molar-refractivity contribution in [3.63, 3.8) is 0 Å². The fourth-order valence-electron chi connectivity index (χ4n) is 3.83. The minimum atomic E-state index is 0.454. The second-order valence-electron chi connectivity index (χ2n) is 7.47. The van der Waals surface area contributed by atoms with Crippen molar-refractivity contribution < 1.29 is 9.47 Å². The number of ether oxygens (including phenoxy) is 2. The number of benzene rings is 3. The smallest absolute Gasteiger partial charge is 0.120 e. The number of hydrogen-bond acceptors (Lipinski definition) is 3. The topological polar surface area (TPSA) is 30.5 Å². The van der Waals surface area contributed by atoms with Gasteiger partial charge >= 0.3 is 0 Å². The summed E-state index contributed by atoms with van der Waals surface area (Å²) in [4.78, 5) is 0. The number of hydrogen-bond donors (Lipinski definition) is 1. The van der Waals surface area contributed by atoms with Crippen LogP contribution in [0.15, 0.2) is 66.7 Å². The number of methoxy groups -OCH3 is 1. The highest BCUT2D eigenvalue weighted by atomic mass is 16.5. The highest BCUT2D eigenvalue weighted by Crippen LogP contribution is 2.29. The van der Waals surface area contributed by atoms with E-state index in [1.165, 1.54) is 27.9 Å². The van der Waals surface area contributed by atoms with E-state index in [-0.39, 0.29) is 0 Å². The minimum absolute atomic E-state index is 0.454. The highest BCUT2D eigenvalue weighted by molar-refractivity contribution is 5.55. The van der Waals surface area contributed by atoms with Crippen LogP contribution in [-0.4, -0.2) is 13.2 Å². The normalized spacial score (nSPS) is 15.6. The van der Waals surface area contributed by atoms with Gasteiger partial charge in [-0.2, -0.15) is 0 Å². The van der Waals surface area contributed by atoms with Crippen molar-refractivity contribution in [1.29, 1.82) is 0 Å². The Morgan fingerprint density at radius 2 is 1.75 bits per heavy atom. The summed E-state index contributed by atoms with van der Waals surface area (Å²) in [5.41, 5.74) is 6.42. The van der Waals surface area contributed by atoms with E-state index in [9.17, 15) is 0 Å². The molecular weight excluding hydrogens is 346 g/mol.